The maximum absolute atomic E-state index is 11.9. The van der Waals surface area contributed by atoms with Crippen molar-refractivity contribution in [1.29, 1.82) is 0 Å². The van der Waals surface area contributed by atoms with Crippen LogP contribution in [0.4, 0.5) is 10.5 Å². The van der Waals surface area contributed by atoms with Gasteiger partial charge in [-0.2, -0.15) is 5.10 Å². The third-order valence-corrected chi connectivity index (χ3v) is 4.66. The topological polar surface area (TPSA) is 95.4 Å². The van der Waals surface area contributed by atoms with E-state index in [2.05, 4.69) is 20.7 Å². The van der Waals surface area contributed by atoms with E-state index >= 15 is 0 Å². The number of rotatable bonds is 5. The van der Waals surface area contributed by atoms with Crippen LogP contribution < -0.4 is 10.6 Å². The number of hydrogen-bond acceptors (Lipinski definition) is 7. The van der Waals surface area contributed by atoms with E-state index in [-0.39, 0.29) is 17.7 Å². The van der Waals surface area contributed by atoms with Gasteiger partial charge in [-0.25, -0.2) is 14.8 Å². The van der Waals surface area contributed by atoms with Crippen molar-refractivity contribution in [1.82, 2.24) is 15.6 Å². The summed E-state index contributed by atoms with van der Waals surface area (Å²) < 4.78 is 4.83. The Hall–Kier alpha value is -2.39. The maximum atomic E-state index is 11.9. The van der Waals surface area contributed by atoms with Crippen molar-refractivity contribution < 1.29 is 14.3 Å². The van der Waals surface area contributed by atoms with E-state index in [0.717, 1.165) is 17.7 Å². The zero-order valence-corrected chi connectivity index (χ0v) is 14.6. The number of hydrazone groups is 1. The summed E-state index contributed by atoms with van der Waals surface area (Å²) in [5, 5.41) is 11.7. The molecule has 3 amide bonds. The van der Waals surface area contributed by atoms with E-state index in [1.165, 1.54) is 11.8 Å². The number of thioether (sulfide) groups is 1. The lowest BCUT2D eigenvalue weighted by molar-refractivity contribution is -0.117. The van der Waals surface area contributed by atoms with Gasteiger partial charge in [0.15, 0.2) is 5.17 Å². The van der Waals surface area contributed by atoms with Crippen LogP contribution in [-0.4, -0.2) is 54.3 Å². The molecule has 0 spiro atoms. The maximum Gasteiger partial charge on any atom is 0.321 e. The molecule has 0 radical (unpaired) electrons. The molecule has 0 bridgehead atoms. The number of amidine groups is 1. The summed E-state index contributed by atoms with van der Waals surface area (Å²) in [6, 6.07) is 7.51. The molecule has 0 saturated carbocycles. The Balaban J connectivity index is 1.57. The molecule has 2 aliphatic rings. The minimum absolute atomic E-state index is 0.0808. The standard InChI is InChI=1S/C16H19N5O3S/c1-24-9-8-17-15(23)20-14(22)10-25-16-19-12-5-3-2-4-11(12)13-6-7-18-21(13)16/h2-5,7,13H,6,8-10H2,1H3,(H2,17,20,22,23). The van der Waals surface area contributed by atoms with Gasteiger partial charge in [-0.05, 0) is 6.07 Å². The first-order chi connectivity index (χ1) is 12.2. The fourth-order valence-electron chi connectivity index (χ4n) is 2.58. The molecule has 132 valence electrons. The summed E-state index contributed by atoms with van der Waals surface area (Å²) in [5.74, 6) is -0.307. The summed E-state index contributed by atoms with van der Waals surface area (Å²) in [5.41, 5.74) is 2.03. The molecular formula is C16H19N5O3S. The van der Waals surface area contributed by atoms with Crippen molar-refractivity contribution in [3.8, 4) is 0 Å². The highest BCUT2D eigenvalue weighted by molar-refractivity contribution is 8.14. The zero-order valence-electron chi connectivity index (χ0n) is 13.8. The SMILES string of the molecule is COCCNC(=O)NC(=O)CSC1=Nc2ccccc2C2CC=NN12. The molecule has 2 aliphatic heterocycles. The van der Waals surface area contributed by atoms with Gasteiger partial charge in [-0.1, -0.05) is 30.0 Å². The van der Waals surface area contributed by atoms with Gasteiger partial charge in [-0.3, -0.25) is 10.1 Å². The number of hydrogen-bond donors (Lipinski definition) is 2. The first-order valence-electron chi connectivity index (χ1n) is 7.87. The molecule has 2 N–H and O–H groups in total. The second-order valence-electron chi connectivity index (χ2n) is 5.43. The Bertz CT molecular complexity index is 721. The largest absolute Gasteiger partial charge is 0.383 e. The number of para-hydroxylation sites is 1. The molecule has 2 heterocycles. The Kier molecular flexibility index (Phi) is 5.67. The van der Waals surface area contributed by atoms with Crippen molar-refractivity contribution in [2.45, 2.75) is 12.5 Å². The number of fused-ring (bicyclic) bond motifs is 3. The number of imide groups is 1. The third-order valence-electron chi connectivity index (χ3n) is 3.71. The van der Waals surface area contributed by atoms with Crippen molar-refractivity contribution in [3.05, 3.63) is 29.8 Å². The van der Waals surface area contributed by atoms with Crippen molar-refractivity contribution in [2.24, 2.45) is 10.1 Å². The highest BCUT2D eigenvalue weighted by atomic mass is 32.2. The quantitative estimate of drug-likeness (QED) is 0.777. The molecule has 1 aromatic rings. The van der Waals surface area contributed by atoms with E-state index in [4.69, 9.17) is 4.74 Å². The molecule has 25 heavy (non-hydrogen) atoms. The zero-order chi connectivity index (χ0) is 17.6. The summed E-state index contributed by atoms with van der Waals surface area (Å²) in [6.45, 7) is 0.733. The number of nitrogens with zero attached hydrogens (tertiary/aromatic N) is 3. The molecule has 0 aliphatic carbocycles. The van der Waals surface area contributed by atoms with Gasteiger partial charge in [0, 0.05) is 31.9 Å². The van der Waals surface area contributed by atoms with Crippen LogP contribution in [0.2, 0.25) is 0 Å². The van der Waals surface area contributed by atoms with Crippen LogP contribution in [-0.2, 0) is 9.53 Å². The number of methoxy groups -OCH3 is 1. The number of urea groups is 1. The Morgan fingerprint density at radius 1 is 1.40 bits per heavy atom. The predicted octanol–water partition coefficient (Wildman–Crippen LogP) is 1.63. The number of benzene rings is 1. The molecule has 1 unspecified atom stereocenters. The first-order valence-corrected chi connectivity index (χ1v) is 8.86. The molecule has 3 rings (SSSR count). The number of amides is 3. The van der Waals surface area contributed by atoms with E-state index in [1.807, 2.05) is 35.5 Å². The molecule has 1 atom stereocenters. The van der Waals surface area contributed by atoms with Crippen LogP contribution in [0, 0.1) is 0 Å². The van der Waals surface area contributed by atoms with Crippen LogP contribution in [0.25, 0.3) is 0 Å². The molecule has 9 heteroatoms. The summed E-state index contributed by atoms with van der Waals surface area (Å²) in [4.78, 5) is 28.1. The third kappa shape index (κ3) is 4.18. The molecule has 0 saturated heterocycles. The number of aliphatic imine (C=N–C) groups is 1. The minimum atomic E-state index is -0.532. The average Bonchev–Trinajstić information content (AvgIpc) is 3.10. The Morgan fingerprint density at radius 2 is 2.24 bits per heavy atom. The number of carbonyl (C=O) groups is 2. The van der Waals surface area contributed by atoms with Crippen LogP contribution in [0.3, 0.4) is 0 Å². The second-order valence-corrected chi connectivity index (χ2v) is 6.38. The van der Waals surface area contributed by atoms with E-state index in [1.54, 1.807) is 7.11 Å². The smallest absolute Gasteiger partial charge is 0.321 e. The van der Waals surface area contributed by atoms with Crippen molar-refractivity contribution in [3.63, 3.8) is 0 Å². The lowest BCUT2D eigenvalue weighted by Gasteiger charge is -2.29. The molecule has 0 fully saturated rings. The van der Waals surface area contributed by atoms with Gasteiger partial charge in [0.25, 0.3) is 0 Å². The monoisotopic (exact) mass is 361 g/mol. The summed E-state index contributed by atoms with van der Waals surface area (Å²) in [7, 11) is 1.54. The normalized spacial score (nSPS) is 17.6. The number of nitrogens with one attached hydrogen (secondary N) is 2. The Labute approximate surface area is 149 Å². The van der Waals surface area contributed by atoms with E-state index in [9.17, 15) is 9.59 Å². The van der Waals surface area contributed by atoms with Gasteiger partial charge >= 0.3 is 6.03 Å². The van der Waals surface area contributed by atoms with Crippen LogP contribution in [0.5, 0.6) is 0 Å². The van der Waals surface area contributed by atoms with Crippen LogP contribution in [0.1, 0.15) is 18.0 Å². The summed E-state index contributed by atoms with van der Waals surface area (Å²) >= 11 is 1.26. The Morgan fingerprint density at radius 3 is 3.08 bits per heavy atom. The van der Waals surface area contributed by atoms with E-state index < -0.39 is 6.03 Å². The predicted molar refractivity (Wildman–Crippen MR) is 97.1 cm³/mol. The van der Waals surface area contributed by atoms with Crippen molar-refractivity contribution in [2.75, 3.05) is 26.0 Å². The fraction of sp³-hybridized carbons (Fsp3) is 0.375. The number of carbonyl (C=O) groups excluding carboxylic acids is 2. The van der Waals surface area contributed by atoms with Gasteiger partial charge in [0.05, 0.1) is 24.1 Å². The molecule has 1 aromatic carbocycles. The van der Waals surface area contributed by atoms with Gasteiger partial charge in [0.2, 0.25) is 5.91 Å². The average molecular weight is 361 g/mol. The van der Waals surface area contributed by atoms with Crippen LogP contribution >= 0.6 is 11.8 Å². The molecule has 0 aromatic heterocycles. The molecular weight excluding hydrogens is 342 g/mol. The second kappa shape index (κ2) is 8.13. The van der Waals surface area contributed by atoms with E-state index in [0.29, 0.717) is 18.3 Å². The lowest BCUT2D eigenvalue weighted by atomic mass is 10.0. The highest BCUT2D eigenvalue weighted by Gasteiger charge is 2.32. The lowest BCUT2D eigenvalue weighted by Crippen LogP contribution is -2.41. The van der Waals surface area contributed by atoms with Crippen molar-refractivity contribution >= 4 is 40.8 Å². The summed E-state index contributed by atoms with van der Waals surface area (Å²) in [6.07, 6.45) is 2.66. The van der Waals surface area contributed by atoms with Gasteiger partial charge in [-0.15, -0.1) is 0 Å². The number of ether oxygens (including phenoxy) is 1. The minimum Gasteiger partial charge on any atom is -0.383 e. The highest BCUT2D eigenvalue weighted by Crippen LogP contribution is 2.40. The fourth-order valence-corrected chi connectivity index (χ4v) is 3.39. The molecule has 8 nitrogen and oxygen atoms in total. The van der Waals surface area contributed by atoms with Crippen LogP contribution in [0.15, 0.2) is 34.4 Å². The van der Waals surface area contributed by atoms with Gasteiger partial charge < -0.3 is 10.1 Å². The first kappa shape index (κ1) is 17.4. The van der Waals surface area contributed by atoms with Gasteiger partial charge in [0.1, 0.15) is 0 Å².